The summed E-state index contributed by atoms with van der Waals surface area (Å²) in [5.74, 6) is 0.104. The molecular weight excluding hydrogens is 384 g/mol. The monoisotopic (exact) mass is 414 g/mol. The van der Waals surface area contributed by atoms with Crippen molar-refractivity contribution in [3.63, 3.8) is 0 Å². The summed E-state index contributed by atoms with van der Waals surface area (Å²) in [6, 6.07) is 14.1. The Morgan fingerprint density at radius 3 is 2.24 bits per heavy atom. The number of benzene rings is 2. The standard InChI is InChI=1S/C23H30N2O3S/c1-3-18(2)21-10-6-7-11-22(21)24-23(26)19-12-14-20(15-13-19)29(27,28)25-16-8-4-5-9-17-25/h6-7,10-15,18H,3-5,8-9,16-17H2,1-2H3,(H,24,26). The number of hydrogen-bond donors (Lipinski definition) is 1. The molecule has 0 radical (unpaired) electrons. The van der Waals surface area contributed by atoms with Crippen molar-refractivity contribution in [2.45, 2.75) is 56.8 Å². The lowest BCUT2D eigenvalue weighted by atomic mass is 9.97. The molecule has 2 aromatic carbocycles. The molecule has 0 saturated carbocycles. The summed E-state index contributed by atoms with van der Waals surface area (Å²) in [7, 11) is -3.51. The molecule has 1 aliphatic rings. The van der Waals surface area contributed by atoms with E-state index in [4.69, 9.17) is 0 Å². The van der Waals surface area contributed by atoms with E-state index in [-0.39, 0.29) is 10.8 Å². The fourth-order valence-electron chi connectivity index (χ4n) is 3.66. The molecule has 29 heavy (non-hydrogen) atoms. The number of hydrogen-bond acceptors (Lipinski definition) is 3. The highest BCUT2D eigenvalue weighted by Gasteiger charge is 2.25. The largest absolute Gasteiger partial charge is 0.322 e. The molecule has 156 valence electrons. The van der Waals surface area contributed by atoms with Crippen LogP contribution in [0.1, 0.15) is 67.8 Å². The maximum Gasteiger partial charge on any atom is 0.255 e. The van der Waals surface area contributed by atoms with E-state index < -0.39 is 10.0 Å². The highest BCUT2D eigenvalue weighted by atomic mass is 32.2. The van der Waals surface area contributed by atoms with Crippen LogP contribution in [0.4, 0.5) is 5.69 Å². The lowest BCUT2D eigenvalue weighted by Crippen LogP contribution is -2.31. The van der Waals surface area contributed by atoms with Crippen molar-refractivity contribution in [3.05, 3.63) is 59.7 Å². The maximum absolute atomic E-state index is 12.9. The highest BCUT2D eigenvalue weighted by Crippen LogP contribution is 2.27. The Bertz CT molecular complexity index is 931. The molecule has 0 aliphatic carbocycles. The second-order valence-corrected chi connectivity index (χ2v) is 9.63. The van der Waals surface area contributed by atoms with Crippen LogP contribution >= 0.6 is 0 Å². The van der Waals surface area contributed by atoms with Gasteiger partial charge in [-0.3, -0.25) is 4.79 Å². The third-order valence-corrected chi connectivity index (χ3v) is 7.58. The Morgan fingerprint density at radius 1 is 1.00 bits per heavy atom. The molecule has 1 atom stereocenters. The fourth-order valence-corrected chi connectivity index (χ4v) is 5.18. The van der Waals surface area contributed by atoms with Crippen LogP contribution < -0.4 is 5.32 Å². The minimum absolute atomic E-state index is 0.237. The van der Waals surface area contributed by atoms with E-state index in [2.05, 4.69) is 19.2 Å². The predicted octanol–water partition coefficient (Wildman–Crippen LogP) is 5.02. The van der Waals surface area contributed by atoms with Crippen LogP contribution in [-0.4, -0.2) is 31.7 Å². The highest BCUT2D eigenvalue weighted by molar-refractivity contribution is 7.89. The minimum Gasteiger partial charge on any atom is -0.322 e. The van der Waals surface area contributed by atoms with Gasteiger partial charge in [-0.25, -0.2) is 8.42 Å². The van der Waals surface area contributed by atoms with Crippen LogP contribution in [0.2, 0.25) is 0 Å². The van der Waals surface area contributed by atoms with E-state index >= 15 is 0 Å². The van der Waals surface area contributed by atoms with Gasteiger partial charge in [0.2, 0.25) is 10.0 Å². The van der Waals surface area contributed by atoms with Gasteiger partial charge >= 0.3 is 0 Å². The third kappa shape index (κ3) is 5.06. The average Bonchev–Trinajstić information content (AvgIpc) is 3.04. The van der Waals surface area contributed by atoms with Crippen LogP contribution in [0.15, 0.2) is 53.4 Å². The summed E-state index contributed by atoms with van der Waals surface area (Å²) >= 11 is 0. The van der Waals surface area contributed by atoms with Crippen molar-refractivity contribution >= 4 is 21.6 Å². The average molecular weight is 415 g/mol. The Morgan fingerprint density at radius 2 is 1.62 bits per heavy atom. The Balaban J connectivity index is 1.76. The van der Waals surface area contributed by atoms with Crippen LogP contribution in [-0.2, 0) is 10.0 Å². The van der Waals surface area contributed by atoms with Crippen LogP contribution in [0, 0.1) is 0 Å². The summed E-state index contributed by atoms with van der Waals surface area (Å²) < 4.78 is 27.3. The zero-order valence-corrected chi connectivity index (χ0v) is 18.0. The molecule has 1 aliphatic heterocycles. The van der Waals surface area contributed by atoms with E-state index in [1.165, 1.54) is 12.1 Å². The number of amides is 1. The number of rotatable bonds is 6. The van der Waals surface area contributed by atoms with Gasteiger partial charge < -0.3 is 5.32 Å². The van der Waals surface area contributed by atoms with E-state index in [0.29, 0.717) is 24.6 Å². The molecule has 2 aromatic rings. The molecule has 6 heteroatoms. The molecule has 1 unspecified atom stereocenters. The molecular formula is C23H30N2O3S. The quantitative estimate of drug-likeness (QED) is 0.722. The van der Waals surface area contributed by atoms with Gasteiger partial charge in [-0.2, -0.15) is 4.31 Å². The van der Waals surface area contributed by atoms with Gasteiger partial charge in [0.15, 0.2) is 0 Å². The maximum atomic E-state index is 12.9. The minimum atomic E-state index is -3.51. The first-order valence-corrected chi connectivity index (χ1v) is 11.9. The first-order valence-electron chi connectivity index (χ1n) is 10.4. The number of nitrogens with zero attached hydrogens (tertiary/aromatic N) is 1. The Labute approximate surface area is 174 Å². The molecule has 1 fully saturated rings. The normalized spacial score (nSPS) is 16.8. The van der Waals surface area contributed by atoms with Gasteiger partial charge in [0, 0.05) is 24.3 Å². The summed E-state index contributed by atoms with van der Waals surface area (Å²) in [5, 5.41) is 2.97. The molecule has 1 amide bonds. The fraction of sp³-hybridized carbons (Fsp3) is 0.435. The summed E-state index contributed by atoms with van der Waals surface area (Å²) in [6.45, 7) is 5.38. The zero-order chi connectivity index (χ0) is 20.9. The third-order valence-electron chi connectivity index (χ3n) is 5.67. The van der Waals surface area contributed by atoms with E-state index in [1.807, 2.05) is 24.3 Å². The van der Waals surface area contributed by atoms with Crippen molar-refractivity contribution in [3.8, 4) is 0 Å². The smallest absolute Gasteiger partial charge is 0.255 e. The summed E-state index contributed by atoms with van der Waals surface area (Å²) in [5.41, 5.74) is 2.34. The van der Waals surface area contributed by atoms with Crippen LogP contribution in [0.25, 0.3) is 0 Å². The molecule has 0 bridgehead atoms. The van der Waals surface area contributed by atoms with Crippen molar-refractivity contribution in [2.75, 3.05) is 18.4 Å². The Kier molecular flexibility index (Phi) is 7.09. The first kappa shape index (κ1) is 21.5. The van der Waals surface area contributed by atoms with Gasteiger partial charge in [-0.15, -0.1) is 0 Å². The van der Waals surface area contributed by atoms with Gasteiger partial charge in [-0.1, -0.05) is 44.9 Å². The van der Waals surface area contributed by atoms with Crippen molar-refractivity contribution in [2.24, 2.45) is 0 Å². The lowest BCUT2D eigenvalue weighted by molar-refractivity contribution is 0.102. The molecule has 0 aromatic heterocycles. The van der Waals surface area contributed by atoms with Crippen LogP contribution in [0.3, 0.4) is 0 Å². The number of anilines is 1. The molecule has 1 heterocycles. The predicted molar refractivity (Wildman–Crippen MR) is 117 cm³/mol. The molecule has 1 saturated heterocycles. The van der Waals surface area contributed by atoms with Crippen molar-refractivity contribution < 1.29 is 13.2 Å². The SMILES string of the molecule is CCC(C)c1ccccc1NC(=O)c1ccc(S(=O)(=O)N2CCCCCC2)cc1. The number of para-hydroxylation sites is 1. The molecule has 1 N–H and O–H groups in total. The lowest BCUT2D eigenvalue weighted by Gasteiger charge is -2.20. The molecule has 3 rings (SSSR count). The topological polar surface area (TPSA) is 66.5 Å². The Hall–Kier alpha value is -2.18. The van der Waals surface area contributed by atoms with Crippen molar-refractivity contribution in [1.29, 1.82) is 0 Å². The number of sulfonamides is 1. The summed E-state index contributed by atoms with van der Waals surface area (Å²) in [4.78, 5) is 13.0. The molecule has 0 spiro atoms. The first-order chi connectivity index (χ1) is 13.9. The van der Waals surface area contributed by atoms with Gasteiger partial charge in [0.25, 0.3) is 5.91 Å². The van der Waals surface area contributed by atoms with Crippen molar-refractivity contribution in [1.82, 2.24) is 4.31 Å². The van der Waals surface area contributed by atoms with E-state index in [1.54, 1.807) is 16.4 Å². The summed E-state index contributed by atoms with van der Waals surface area (Å²) in [6.07, 6.45) is 4.92. The van der Waals surface area contributed by atoms with E-state index in [9.17, 15) is 13.2 Å². The second kappa shape index (κ2) is 9.55. The molecule has 5 nitrogen and oxygen atoms in total. The second-order valence-electron chi connectivity index (χ2n) is 7.69. The number of carbonyl (C=O) groups is 1. The van der Waals surface area contributed by atoms with Gasteiger partial charge in [0.05, 0.1) is 4.90 Å². The van der Waals surface area contributed by atoms with Crippen LogP contribution in [0.5, 0.6) is 0 Å². The van der Waals surface area contributed by atoms with Gasteiger partial charge in [0.1, 0.15) is 0 Å². The van der Waals surface area contributed by atoms with E-state index in [0.717, 1.165) is 43.4 Å². The van der Waals surface area contributed by atoms with Gasteiger partial charge in [-0.05, 0) is 61.1 Å². The number of nitrogens with one attached hydrogen (secondary N) is 1. The zero-order valence-electron chi connectivity index (χ0n) is 17.2. The number of carbonyl (C=O) groups excluding carboxylic acids is 1.